The molecule has 0 saturated heterocycles. The fourth-order valence-electron chi connectivity index (χ4n) is 3.28. The lowest BCUT2D eigenvalue weighted by Crippen LogP contribution is -2.42. The molecular formula is C20H13Cl3F6N2O4S. The number of nitrogens with zero attached hydrogens (tertiary/aromatic N) is 1. The van der Waals surface area contributed by atoms with Crippen molar-refractivity contribution in [3.05, 3.63) is 62.6 Å². The minimum absolute atomic E-state index is 0.0280. The Kier molecular flexibility index (Phi) is 7.81. The molecule has 3 rings (SSSR count). The Morgan fingerprint density at radius 3 is 2.17 bits per heavy atom. The lowest BCUT2D eigenvalue weighted by Gasteiger charge is -2.29. The largest absolute Gasteiger partial charge is 0.435 e. The van der Waals surface area contributed by atoms with Gasteiger partial charge in [-0.2, -0.15) is 26.3 Å². The van der Waals surface area contributed by atoms with E-state index in [1.54, 1.807) is 0 Å². The zero-order chi connectivity index (χ0) is 27.1. The molecule has 36 heavy (non-hydrogen) atoms. The number of benzene rings is 2. The summed E-state index contributed by atoms with van der Waals surface area (Å²) in [6.07, 6.45) is -10.6. The molecular weight excluding hydrogens is 585 g/mol. The van der Waals surface area contributed by atoms with Crippen molar-refractivity contribution in [3.63, 3.8) is 0 Å². The van der Waals surface area contributed by atoms with E-state index < -0.39 is 67.9 Å². The highest BCUT2D eigenvalue weighted by Crippen LogP contribution is 2.49. The highest BCUT2D eigenvalue weighted by Gasteiger charge is 2.62. The van der Waals surface area contributed by atoms with Gasteiger partial charge in [-0.1, -0.05) is 46.0 Å². The van der Waals surface area contributed by atoms with Gasteiger partial charge in [-0.05, 0) is 30.3 Å². The van der Waals surface area contributed by atoms with E-state index in [4.69, 9.17) is 39.6 Å². The number of oxime groups is 1. The predicted octanol–water partition coefficient (Wildman–Crippen LogP) is 5.68. The van der Waals surface area contributed by atoms with Crippen LogP contribution < -0.4 is 5.32 Å². The van der Waals surface area contributed by atoms with Crippen molar-refractivity contribution in [2.45, 2.75) is 29.3 Å². The molecule has 0 aliphatic carbocycles. The second kappa shape index (κ2) is 9.92. The average molecular weight is 598 g/mol. The zero-order valence-electron chi connectivity index (χ0n) is 17.5. The van der Waals surface area contributed by atoms with Gasteiger partial charge in [0.1, 0.15) is 12.3 Å². The van der Waals surface area contributed by atoms with Crippen molar-refractivity contribution in [2.24, 2.45) is 5.16 Å². The number of halogens is 9. The topological polar surface area (TPSA) is 84.8 Å². The van der Waals surface area contributed by atoms with Gasteiger partial charge in [0.05, 0.1) is 15.6 Å². The summed E-state index contributed by atoms with van der Waals surface area (Å²) in [4.78, 5) is 15.9. The number of hydrogen-bond donors (Lipinski definition) is 1. The number of rotatable bonds is 6. The van der Waals surface area contributed by atoms with Crippen LogP contribution in [0, 0.1) is 0 Å². The molecule has 1 amide bonds. The van der Waals surface area contributed by atoms with Crippen molar-refractivity contribution in [1.82, 2.24) is 5.32 Å². The average Bonchev–Trinajstić information content (AvgIpc) is 3.17. The molecule has 196 valence electrons. The summed E-state index contributed by atoms with van der Waals surface area (Å²) in [7, 11) is -4.49. The molecule has 1 heterocycles. The summed E-state index contributed by atoms with van der Waals surface area (Å²) >= 11 is 17.7. The van der Waals surface area contributed by atoms with Gasteiger partial charge in [0.25, 0.3) is 5.60 Å². The number of hydrogen-bond acceptors (Lipinski definition) is 5. The van der Waals surface area contributed by atoms with Crippen LogP contribution in [0.15, 0.2) is 46.4 Å². The Morgan fingerprint density at radius 2 is 1.64 bits per heavy atom. The molecule has 0 fully saturated rings. The zero-order valence-corrected chi connectivity index (χ0v) is 20.6. The van der Waals surface area contributed by atoms with Crippen molar-refractivity contribution in [2.75, 3.05) is 12.3 Å². The molecule has 0 saturated carbocycles. The fraction of sp³-hybridized carbons (Fsp3) is 0.300. The molecule has 16 heteroatoms. The van der Waals surface area contributed by atoms with Crippen LogP contribution in [0.3, 0.4) is 0 Å². The number of nitrogens with one attached hydrogen (secondary N) is 1. The van der Waals surface area contributed by atoms with E-state index in [0.29, 0.717) is 0 Å². The molecule has 2 aromatic rings. The first-order valence-electron chi connectivity index (χ1n) is 9.58. The van der Waals surface area contributed by atoms with Gasteiger partial charge in [-0.15, -0.1) is 0 Å². The van der Waals surface area contributed by atoms with E-state index in [1.165, 1.54) is 11.4 Å². The molecule has 0 spiro atoms. The number of carbonyl (C=O) groups is 1. The van der Waals surface area contributed by atoms with Crippen LogP contribution in [-0.4, -0.2) is 44.7 Å². The summed E-state index contributed by atoms with van der Waals surface area (Å²) in [6.45, 7) is -1.73. The summed E-state index contributed by atoms with van der Waals surface area (Å²) in [5.41, 5.74) is -3.62. The van der Waals surface area contributed by atoms with Gasteiger partial charge >= 0.3 is 12.4 Å². The van der Waals surface area contributed by atoms with Gasteiger partial charge in [0.2, 0.25) is 5.91 Å². The minimum atomic E-state index is -4.97. The molecule has 0 aromatic heterocycles. The highest BCUT2D eigenvalue weighted by atomic mass is 35.5. The Bertz CT molecular complexity index is 1310. The van der Waals surface area contributed by atoms with E-state index in [9.17, 15) is 39.6 Å². The van der Waals surface area contributed by atoms with E-state index in [2.05, 4.69) is 5.16 Å². The molecule has 0 radical (unpaired) electrons. The van der Waals surface area contributed by atoms with E-state index in [-0.39, 0.29) is 21.3 Å². The van der Waals surface area contributed by atoms with Crippen LogP contribution in [0.5, 0.6) is 0 Å². The van der Waals surface area contributed by atoms with E-state index in [0.717, 1.165) is 30.3 Å². The molecule has 1 N–H and O–H groups in total. The standard InChI is InChI=1S/C20H13Cl3F6N2O4S/c21-12-4-11(5-13(22)6-12)18(20(27,28)29)7-15(31-35-18)10-1-2-16(14(23)3-10)36(33,34)8-17(32)30-9-19(24,25)26/h1-6H,7-9H2,(H,30,32). The van der Waals surface area contributed by atoms with Gasteiger partial charge in [-0.25, -0.2) is 8.42 Å². The SMILES string of the molecule is O=C(CS(=O)(=O)c1ccc(C2=NOC(c3cc(Cl)cc(Cl)c3)(C(F)(F)F)C2)cc1Cl)NCC(F)(F)F. The smallest absolute Gasteiger partial charge is 0.374 e. The Morgan fingerprint density at radius 1 is 1.03 bits per heavy atom. The molecule has 1 atom stereocenters. The summed E-state index contributed by atoms with van der Waals surface area (Å²) in [6, 6.07) is 6.23. The van der Waals surface area contributed by atoms with Crippen LogP contribution >= 0.6 is 34.8 Å². The van der Waals surface area contributed by atoms with E-state index >= 15 is 0 Å². The number of amides is 1. The Balaban J connectivity index is 1.86. The van der Waals surface area contributed by atoms with Crippen molar-refractivity contribution >= 4 is 56.3 Å². The maximum absolute atomic E-state index is 14.1. The first-order chi connectivity index (χ1) is 16.4. The van der Waals surface area contributed by atoms with Gasteiger partial charge in [0, 0.05) is 27.6 Å². The van der Waals surface area contributed by atoms with Gasteiger partial charge < -0.3 is 10.2 Å². The van der Waals surface area contributed by atoms with Crippen LogP contribution in [0.2, 0.25) is 15.1 Å². The quantitative estimate of drug-likeness (QED) is 0.434. The molecule has 6 nitrogen and oxygen atoms in total. The highest BCUT2D eigenvalue weighted by molar-refractivity contribution is 7.92. The summed E-state index contributed by atoms with van der Waals surface area (Å²) in [5, 5.41) is 4.31. The van der Waals surface area contributed by atoms with Crippen LogP contribution in [0.4, 0.5) is 26.3 Å². The number of alkyl halides is 6. The molecule has 1 aliphatic rings. The second-order valence-corrected chi connectivity index (χ2v) is 10.8. The predicted molar refractivity (Wildman–Crippen MR) is 119 cm³/mol. The maximum atomic E-state index is 14.1. The molecule has 2 aromatic carbocycles. The minimum Gasteiger partial charge on any atom is -0.374 e. The lowest BCUT2D eigenvalue weighted by atomic mass is 9.86. The van der Waals surface area contributed by atoms with Gasteiger partial charge in [-0.3, -0.25) is 4.79 Å². The van der Waals surface area contributed by atoms with E-state index in [1.807, 2.05) is 0 Å². The summed E-state index contributed by atoms with van der Waals surface area (Å²) in [5.74, 6) is -2.75. The molecule has 1 aliphatic heterocycles. The summed E-state index contributed by atoms with van der Waals surface area (Å²) < 4.78 is 104. The van der Waals surface area contributed by atoms with Crippen molar-refractivity contribution in [3.8, 4) is 0 Å². The first-order valence-corrected chi connectivity index (χ1v) is 12.4. The molecule has 0 bridgehead atoms. The Labute approximate surface area is 215 Å². The Hall–Kier alpha value is -2.22. The third-order valence-corrected chi connectivity index (χ3v) is 7.45. The monoisotopic (exact) mass is 596 g/mol. The van der Waals surface area contributed by atoms with Gasteiger partial charge in [0.15, 0.2) is 9.84 Å². The van der Waals surface area contributed by atoms with Crippen LogP contribution in [0.25, 0.3) is 0 Å². The van der Waals surface area contributed by atoms with Crippen LogP contribution in [0.1, 0.15) is 17.5 Å². The number of carbonyl (C=O) groups excluding carboxylic acids is 1. The third-order valence-electron chi connectivity index (χ3n) is 4.92. The normalized spacial score (nSPS) is 18.5. The number of sulfone groups is 1. The third kappa shape index (κ3) is 6.18. The van der Waals surface area contributed by atoms with Crippen LogP contribution in [-0.2, 0) is 25.1 Å². The van der Waals surface area contributed by atoms with Crippen molar-refractivity contribution < 1.29 is 44.4 Å². The maximum Gasteiger partial charge on any atom is 0.435 e. The second-order valence-electron chi connectivity index (χ2n) is 7.59. The molecule has 1 unspecified atom stereocenters. The fourth-order valence-corrected chi connectivity index (χ4v) is 5.57. The lowest BCUT2D eigenvalue weighted by molar-refractivity contribution is -0.275. The van der Waals surface area contributed by atoms with Crippen molar-refractivity contribution in [1.29, 1.82) is 0 Å². The first kappa shape index (κ1) is 28.4.